The molecule has 2 aromatic carbocycles. The van der Waals surface area contributed by atoms with E-state index in [1.807, 2.05) is 51.1 Å². The van der Waals surface area contributed by atoms with Gasteiger partial charge in [0.15, 0.2) is 0 Å². The minimum Gasteiger partial charge on any atom is -0.488 e. The zero-order valence-corrected chi connectivity index (χ0v) is 23.5. The Kier molecular flexibility index (Phi) is 11.3. The number of alkyl carbamates (subject to hydrolysis) is 1. The van der Waals surface area contributed by atoms with E-state index < -0.39 is 42.1 Å². The number of ether oxygens (including phenoxy) is 3. The summed E-state index contributed by atoms with van der Waals surface area (Å²) in [5, 5.41) is 7.36. The van der Waals surface area contributed by atoms with E-state index in [0.29, 0.717) is 5.75 Å². The second kappa shape index (κ2) is 14.2. The fourth-order valence-electron chi connectivity index (χ4n) is 3.26. The second-order valence-electron chi connectivity index (χ2n) is 10.9. The Morgan fingerprint density at radius 3 is 1.95 bits per heavy atom. The van der Waals surface area contributed by atoms with Crippen LogP contribution in [0.4, 0.5) is 4.79 Å². The van der Waals surface area contributed by atoms with Crippen LogP contribution in [0.2, 0.25) is 0 Å². The number of hydrogen-bond acceptors (Lipinski definition) is 7. The molecule has 39 heavy (non-hydrogen) atoms. The summed E-state index contributed by atoms with van der Waals surface area (Å²) in [6.07, 6.45) is -0.582. The van der Waals surface area contributed by atoms with E-state index in [1.54, 1.807) is 45.0 Å². The molecule has 0 aliphatic carbocycles. The standard InChI is InChI=1S/C29H39N3O7/c1-28(2,3)38-22-14-12-20(13-15-22)16-23(26(35)39-29(4,5)6)32-25(34)18-30-24(33)17-31-27(36)37-19-21-10-8-7-9-11-21/h7-15,23H,16-19H2,1-6H3,(H,30,33)(H,31,36)(H,32,34)/t23-/m0/s1. The van der Waals surface area contributed by atoms with Crippen LogP contribution >= 0.6 is 0 Å². The highest BCUT2D eigenvalue weighted by Crippen LogP contribution is 2.19. The van der Waals surface area contributed by atoms with Crippen molar-refractivity contribution in [1.29, 1.82) is 0 Å². The number of rotatable bonds is 11. The molecule has 0 fully saturated rings. The molecule has 10 heteroatoms. The number of carbonyl (C=O) groups excluding carboxylic acids is 4. The normalized spacial score (nSPS) is 12.1. The second-order valence-corrected chi connectivity index (χ2v) is 10.9. The molecule has 0 unspecified atom stereocenters. The zero-order chi connectivity index (χ0) is 29.1. The lowest BCUT2D eigenvalue weighted by Gasteiger charge is -2.25. The summed E-state index contributed by atoms with van der Waals surface area (Å²) in [7, 11) is 0. The molecule has 1 atom stereocenters. The van der Waals surface area contributed by atoms with Crippen molar-refractivity contribution >= 4 is 23.9 Å². The number of carbonyl (C=O) groups is 4. The Labute approximate surface area is 229 Å². The Morgan fingerprint density at radius 1 is 0.744 bits per heavy atom. The maximum absolute atomic E-state index is 12.8. The molecule has 0 saturated heterocycles. The summed E-state index contributed by atoms with van der Waals surface area (Å²) in [6.45, 7) is 10.3. The maximum Gasteiger partial charge on any atom is 0.407 e. The summed E-state index contributed by atoms with van der Waals surface area (Å²) < 4.78 is 16.3. The molecule has 0 bridgehead atoms. The van der Waals surface area contributed by atoms with Gasteiger partial charge in [0.2, 0.25) is 11.8 Å². The number of benzene rings is 2. The van der Waals surface area contributed by atoms with E-state index in [4.69, 9.17) is 14.2 Å². The average Bonchev–Trinajstić information content (AvgIpc) is 2.84. The first-order valence-electron chi connectivity index (χ1n) is 12.7. The smallest absolute Gasteiger partial charge is 0.407 e. The molecule has 3 amide bonds. The van der Waals surface area contributed by atoms with E-state index in [0.717, 1.165) is 11.1 Å². The van der Waals surface area contributed by atoms with Crippen molar-refractivity contribution in [3.05, 3.63) is 65.7 Å². The maximum atomic E-state index is 12.8. The number of hydrogen-bond donors (Lipinski definition) is 3. The quantitative estimate of drug-likeness (QED) is 0.372. The first-order valence-corrected chi connectivity index (χ1v) is 12.7. The lowest BCUT2D eigenvalue weighted by molar-refractivity contribution is -0.158. The molecular weight excluding hydrogens is 502 g/mol. The molecule has 0 aromatic heterocycles. The van der Waals surface area contributed by atoms with Gasteiger partial charge in [-0.15, -0.1) is 0 Å². The summed E-state index contributed by atoms with van der Waals surface area (Å²) in [6, 6.07) is 15.3. The molecule has 0 radical (unpaired) electrons. The Morgan fingerprint density at radius 2 is 1.36 bits per heavy atom. The van der Waals surface area contributed by atoms with E-state index >= 15 is 0 Å². The lowest BCUT2D eigenvalue weighted by Crippen LogP contribution is -2.49. The fourth-order valence-corrected chi connectivity index (χ4v) is 3.26. The van der Waals surface area contributed by atoms with Crippen molar-refractivity contribution < 1.29 is 33.4 Å². The molecule has 0 spiro atoms. The third-order valence-electron chi connectivity index (χ3n) is 4.87. The van der Waals surface area contributed by atoms with Crippen LogP contribution in [0.15, 0.2) is 54.6 Å². The molecule has 2 rings (SSSR count). The topological polar surface area (TPSA) is 132 Å². The molecule has 0 heterocycles. The molecule has 10 nitrogen and oxygen atoms in total. The Hall–Kier alpha value is -4.08. The van der Waals surface area contributed by atoms with Gasteiger partial charge >= 0.3 is 12.1 Å². The van der Waals surface area contributed by atoms with Crippen molar-refractivity contribution in [3.8, 4) is 5.75 Å². The van der Waals surface area contributed by atoms with E-state index in [-0.39, 0.29) is 25.2 Å². The van der Waals surface area contributed by atoms with Crippen LogP contribution in [0.5, 0.6) is 5.75 Å². The van der Waals surface area contributed by atoms with E-state index in [1.165, 1.54) is 0 Å². The first-order chi connectivity index (χ1) is 18.2. The number of esters is 1. The molecule has 0 aliphatic heterocycles. The monoisotopic (exact) mass is 541 g/mol. The van der Waals surface area contributed by atoms with Gasteiger partial charge in [-0.1, -0.05) is 42.5 Å². The lowest BCUT2D eigenvalue weighted by atomic mass is 10.0. The van der Waals surface area contributed by atoms with Gasteiger partial charge in [0.05, 0.1) is 6.54 Å². The minimum absolute atomic E-state index is 0.0646. The van der Waals surface area contributed by atoms with Gasteiger partial charge in [0.1, 0.15) is 36.1 Å². The molecule has 2 aromatic rings. The van der Waals surface area contributed by atoms with Crippen LogP contribution in [-0.4, -0.2) is 54.2 Å². The minimum atomic E-state index is -0.978. The third-order valence-corrected chi connectivity index (χ3v) is 4.87. The van der Waals surface area contributed by atoms with Crippen molar-refractivity contribution in [3.63, 3.8) is 0 Å². The SMILES string of the molecule is CC(C)(C)OC(=O)[C@H](Cc1ccc(OC(C)(C)C)cc1)NC(=O)CNC(=O)CNC(=O)OCc1ccccc1. The van der Waals surface area contributed by atoms with Crippen molar-refractivity contribution in [2.45, 2.75) is 71.8 Å². The van der Waals surface area contributed by atoms with Crippen molar-refractivity contribution in [1.82, 2.24) is 16.0 Å². The van der Waals surface area contributed by atoms with Crippen LogP contribution in [-0.2, 0) is 36.9 Å². The van der Waals surface area contributed by atoms with Crippen LogP contribution in [0, 0.1) is 0 Å². The van der Waals surface area contributed by atoms with Crippen LogP contribution in [0.1, 0.15) is 52.7 Å². The van der Waals surface area contributed by atoms with Gasteiger partial charge < -0.3 is 30.2 Å². The van der Waals surface area contributed by atoms with Crippen LogP contribution < -0.4 is 20.7 Å². The summed E-state index contributed by atoms with van der Waals surface area (Å²) in [5.41, 5.74) is 0.494. The first kappa shape index (κ1) is 31.1. The van der Waals surface area contributed by atoms with Crippen molar-refractivity contribution in [2.24, 2.45) is 0 Å². The van der Waals surface area contributed by atoms with Gasteiger partial charge in [0, 0.05) is 6.42 Å². The number of nitrogens with one attached hydrogen (secondary N) is 3. The van der Waals surface area contributed by atoms with Crippen LogP contribution in [0.3, 0.4) is 0 Å². The summed E-state index contributed by atoms with van der Waals surface area (Å²) in [5.74, 6) is -1.09. The largest absolute Gasteiger partial charge is 0.488 e. The molecule has 3 N–H and O–H groups in total. The molecule has 0 saturated carbocycles. The molecule has 0 aliphatic rings. The Bertz CT molecular complexity index is 1100. The predicted octanol–water partition coefficient (Wildman–Crippen LogP) is 3.28. The van der Waals surface area contributed by atoms with E-state index in [2.05, 4.69) is 16.0 Å². The highest BCUT2D eigenvalue weighted by molar-refractivity contribution is 5.89. The highest BCUT2D eigenvalue weighted by Gasteiger charge is 2.27. The van der Waals surface area contributed by atoms with Crippen LogP contribution in [0.25, 0.3) is 0 Å². The fraction of sp³-hybridized carbons (Fsp3) is 0.448. The van der Waals surface area contributed by atoms with Gasteiger partial charge in [-0.05, 0) is 64.8 Å². The van der Waals surface area contributed by atoms with E-state index in [9.17, 15) is 19.2 Å². The third kappa shape index (κ3) is 13.3. The average molecular weight is 542 g/mol. The Balaban J connectivity index is 1.87. The molecule has 212 valence electrons. The summed E-state index contributed by atoms with van der Waals surface area (Å²) >= 11 is 0. The molecular formula is C29H39N3O7. The van der Waals surface area contributed by atoms with Gasteiger partial charge in [-0.3, -0.25) is 9.59 Å². The highest BCUT2D eigenvalue weighted by atomic mass is 16.6. The number of amides is 3. The van der Waals surface area contributed by atoms with Gasteiger partial charge in [-0.25, -0.2) is 9.59 Å². The van der Waals surface area contributed by atoms with Gasteiger partial charge in [0.25, 0.3) is 0 Å². The zero-order valence-electron chi connectivity index (χ0n) is 23.5. The summed E-state index contributed by atoms with van der Waals surface area (Å²) in [4.78, 5) is 49.3. The van der Waals surface area contributed by atoms with Gasteiger partial charge in [-0.2, -0.15) is 0 Å². The van der Waals surface area contributed by atoms with Crippen molar-refractivity contribution in [2.75, 3.05) is 13.1 Å². The predicted molar refractivity (Wildman–Crippen MR) is 146 cm³/mol.